The number of hydrogen-bond donors (Lipinski definition) is 2. The molecule has 1 amide bonds. The average Bonchev–Trinajstić information content (AvgIpc) is 3.44. The third kappa shape index (κ3) is 3.29. The minimum Gasteiger partial charge on any atom is -0.361 e. The number of thiophene rings is 1. The second-order valence-corrected chi connectivity index (χ2v) is 8.40. The number of nitrogens with one attached hydrogen (secondary N) is 2. The maximum absolute atomic E-state index is 12.9. The van der Waals surface area contributed by atoms with Gasteiger partial charge in [-0.3, -0.25) is 9.59 Å². The van der Waals surface area contributed by atoms with Gasteiger partial charge in [-0.05, 0) is 54.0 Å². The fourth-order valence-electron chi connectivity index (χ4n) is 4.21. The summed E-state index contributed by atoms with van der Waals surface area (Å²) in [7, 11) is 0. The smallest absolute Gasteiger partial charge is 0.261 e. The number of amides is 1. The maximum atomic E-state index is 12.9. The molecule has 29 heavy (non-hydrogen) atoms. The van der Waals surface area contributed by atoms with E-state index in [1.165, 1.54) is 10.9 Å². The highest BCUT2D eigenvalue weighted by atomic mass is 32.1. The quantitative estimate of drug-likeness (QED) is 0.525. The Balaban J connectivity index is 1.31. The highest BCUT2D eigenvalue weighted by Crippen LogP contribution is 2.33. The van der Waals surface area contributed by atoms with E-state index < -0.39 is 0 Å². The van der Waals surface area contributed by atoms with Crippen molar-refractivity contribution in [3.63, 3.8) is 0 Å². The van der Waals surface area contributed by atoms with E-state index in [9.17, 15) is 9.59 Å². The van der Waals surface area contributed by atoms with Crippen molar-refractivity contribution in [1.29, 1.82) is 0 Å². The monoisotopic (exact) mass is 403 g/mol. The van der Waals surface area contributed by atoms with E-state index in [4.69, 9.17) is 0 Å². The minimum atomic E-state index is -0.320. The van der Waals surface area contributed by atoms with Gasteiger partial charge in [-0.15, -0.1) is 11.3 Å². The van der Waals surface area contributed by atoms with Crippen molar-refractivity contribution < 1.29 is 4.79 Å². The van der Waals surface area contributed by atoms with E-state index in [1.54, 1.807) is 22.3 Å². The van der Waals surface area contributed by atoms with Crippen LogP contribution in [0.1, 0.15) is 34.7 Å². The summed E-state index contributed by atoms with van der Waals surface area (Å²) in [6.07, 6.45) is 3.90. The Labute approximate surface area is 172 Å². The van der Waals surface area contributed by atoms with Crippen molar-refractivity contribution in [3.8, 4) is 10.6 Å². The van der Waals surface area contributed by atoms with Crippen molar-refractivity contribution in [2.24, 2.45) is 0 Å². The topological polar surface area (TPSA) is 69.0 Å². The number of fused-ring (bicyclic) bond motifs is 1. The zero-order chi connectivity index (χ0) is 19.8. The number of benzene rings is 1. The van der Waals surface area contributed by atoms with Crippen LogP contribution in [0.25, 0.3) is 21.5 Å². The van der Waals surface area contributed by atoms with Gasteiger partial charge in [0.25, 0.3) is 11.5 Å². The predicted molar refractivity (Wildman–Crippen MR) is 117 cm³/mol. The first-order chi connectivity index (χ1) is 14.2. The number of aromatic amines is 2. The molecule has 2 N–H and O–H groups in total. The summed E-state index contributed by atoms with van der Waals surface area (Å²) in [5.41, 5.74) is 3.12. The number of pyridine rings is 1. The lowest BCUT2D eigenvalue weighted by molar-refractivity contribution is 0.0711. The first kappa shape index (κ1) is 17.9. The van der Waals surface area contributed by atoms with Gasteiger partial charge in [0.15, 0.2) is 0 Å². The molecule has 0 spiro atoms. The Morgan fingerprint density at radius 3 is 2.62 bits per heavy atom. The van der Waals surface area contributed by atoms with E-state index in [2.05, 4.69) is 34.4 Å². The van der Waals surface area contributed by atoms with Gasteiger partial charge in [0, 0.05) is 30.2 Å². The predicted octanol–water partition coefficient (Wildman–Crippen LogP) is 4.60. The van der Waals surface area contributed by atoms with E-state index in [0.29, 0.717) is 19.0 Å². The van der Waals surface area contributed by atoms with Crippen LogP contribution >= 0.6 is 11.3 Å². The molecule has 0 radical (unpaired) electrons. The third-order valence-electron chi connectivity index (χ3n) is 5.77. The van der Waals surface area contributed by atoms with Gasteiger partial charge in [-0.1, -0.05) is 24.3 Å². The number of aromatic nitrogens is 2. The standard InChI is InChI=1S/C23H21N3O2S/c27-22-17(7-8-20(25-22)21-6-3-13-29-21)23(28)26-11-9-15(10-12-26)18-14-24-19-5-2-1-4-16(18)19/h1-8,13-15,24H,9-12H2,(H,25,27). The van der Waals surface area contributed by atoms with E-state index in [-0.39, 0.29) is 17.0 Å². The third-order valence-corrected chi connectivity index (χ3v) is 6.67. The molecular weight excluding hydrogens is 382 g/mol. The van der Waals surface area contributed by atoms with Gasteiger partial charge in [0.05, 0.1) is 10.6 Å². The van der Waals surface area contributed by atoms with Gasteiger partial charge in [-0.25, -0.2) is 0 Å². The number of nitrogens with zero attached hydrogens (tertiary/aromatic N) is 1. The first-order valence-electron chi connectivity index (χ1n) is 9.83. The number of piperidine rings is 1. The number of carbonyl (C=O) groups excluding carboxylic acids is 1. The number of likely N-dealkylation sites (tertiary alicyclic amines) is 1. The Kier molecular flexibility index (Phi) is 4.56. The molecule has 4 heterocycles. The summed E-state index contributed by atoms with van der Waals surface area (Å²) in [6.45, 7) is 1.32. The SMILES string of the molecule is O=C(c1ccc(-c2cccs2)[nH]c1=O)N1CCC(c2c[nH]c3ccccc23)CC1. The molecule has 3 aromatic heterocycles. The minimum absolute atomic E-state index is 0.179. The van der Waals surface area contributed by atoms with Crippen LogP contribution < -0.4 is 5.56 Å². The summed E-state index contributed by atoms with van der Waals surface area (Å²) in [4.78, 5) is 34.4. The highest BCUT2D eigenvalue weighted by molar-refractivity contribution is 7.13. The molecular formula is C23H21N3O2S. The maximum Gasteiger partial charge on any atom is 0.261 e. The van der Waals surface area contributed by atoms with Crippen molar-refractivity contribution in [2.75, 3.05) is 13.1 Å². The summed E-state index contributed by atoms with van der Waals surface area (Å²) < 4.78 is 0. The highest BCUT2D eigenvalue weighted by Gasteiger charge is 2.27. The zero-order valence-corrected chi connectivity index (χ0v) is 16.7. The molecule has 5 rings (SSSR count). The molecule has 1 fully saturated rings. The van der Waals surface area contributed by atoms with Crippen LogP contribution in [0.2, 0.25) is 0 Å². The van der Waals surface area contributed by atoms with Crippen molar-refractivity contribution >= 4 is 28.1 Å². The van der Waals surface area contributed by atoms with E-state index in [1.807, 2.05) is 29.6 Å². The lowest BCUT2D eigenvalue weighted by Crippen LogP contribution is -2.40. The molecule has 1 aromatic carbocycles. The number of para-hydroxylation sites is 1. The molecule has 1 aliphatic heterocycles. The fraction of sp³-hybridized carbons (Fsp3) is 0.217. The molecule has 146 valence electrons. The van der Waals surface area contributed by atoms with Crippen LogP contribution in [0.15, 0.2) is 64.9 Å². The fourth-order valence-corrected chi connectivity index (χ4v) is 4.92. The molecule has 4 aromatic rings. The van der Waals surface area contributed by atoms with Crippen LogP contribution in [0.5, 0.6) is 0 Å². The van der Waals surface area contributed by atoms with Gasteiger partial charge in [-0.2, -0.15) is 0 Å². The van der Waals surface area contributed by atoms with Crippen molar-refractivity contribution in [1.82, 2.24) is 14.9 Å². The molecule has 0 aliphatic carbocycles. The number of rotatable bonds is 3. The summed E-state index contributed by atoms with van der Waals surface area (Å²) in [5, 5.41) is 3.22. The largest absolute Gasteiger partial charge is 0.361 e. The molecule has 0 saturated carbocycles. The molecule has 0 bridgehead atoms. The first-order valence-corrected chi connectivity index (χ1v) is 10.7. The molecule has 6 heteroatoms. The number of H-pyrrole nitrogens is 2. The van der Waals surface area contributed by atoms with Crippen LogP contribution in [0.4, 0.5) is 0 Å². The lowest BCUT2D eigenvalue weighted by atomic mass is 9.89. The average molecular weight is 404 g/mol. The van der Waals surface area contributed by atoms with E-state index >= 15 is 0 Å². The van der Waals surface area contributed by atoms with Crippen LogP contribution in [0.3, 0.4) is 0 Å². The Morgan fingerprint density at radius 2 is 1.86 bits per heavy atom. The van der Waals surface area contributed by atoms with Crippen molar-refractivity contribution in [2.45, 2.75) is 18.8 Å². The summed E-state index contributed by atoms with van der Waals surface area (Å²) >= 11 is 1.56. The Hall–Kier alpha value is -3.12. The van der Waals surface area contributed by atoms with Crippen LogP contribution in [0, 0.1) is 0 Å². The number of carbonyl (C=O) groups is 1. The summed E-state index contributed by atoms with van der Waals surface area (Å²) in [5.74, 6) is 0.246. The Morgan fingerprint density at radius 1 is 1.03 bits per heavy atom. The van der Waals surface area contributed by atoms with Crippen LogP contribution in [-0.2, 0) is 0 Å². The lowest BCUT2D eigenvalue weighted by Gasteiger charge is -2.32. The molecule has 1 aliphatic rings. The Bertz CT molecular complexity index is 1210. The van der Waals surface area contributed by atoms with Crippen molar-refractivity contribution in [3.05, 3.63) is 81.6 Å². The molecule has 0 unspecified atom stereocenters. The summed E-state index contributed by atoms with van der Waals surface area (Å²) in [6, 6.07) is 15.7. The van der Waals surface area contributed by atoms with Gasteiger partial charge >= 0.3 is 0 Å². The molecule has 1 saturated heterocycles. The van der Waals surface area contributed by atoms with E-state index in [0.717, 1.165) is 28.9 Å². The van der Waals surface area contributed by atoms with Crippen LogP contribution in [-0.4, -0.2) is 33.9 Å². The number of hydrogen-bond acceptors (Lipinski definition) is 3. The van der Waals surface area contributed by atoms with Gasteiger partial charge < -0.3 is 14.9 Å². The second kappa shape index (κ2) is 7.37. The molecule has 5 nitrogen and oxygen atoms in total. The van der Waals surface area contributed by atoms with Gasteiger partial charge in [0.1, 0.15) is 5.56 Å². The second-order valence-electron chi connectivity index (χ2n) is 7.45. The van der Waals surface area contributed by atoms with Gasteiger partial charge in [0.2, 0.25) is 0 Å². The zero-order valence-electron chi connectivity index (χ0n) is 15.9. The normalized spacial score (nSPS) is 15.1. The molecule has 0 atom stereocenters.